The number of nitrogens with two attached hydrogens (primary N) is 1. The lowest BCUT2D eigenvalue weighted by molar-refractivity contribution is 0.0673. The van der Waals surface area contributed by atoms with Crippen LogP contribution in [0.4, 0.5) is 5.69 Å². The van der Waals surface area contributed by atoms with E-state index < -0.39 is 0 Å². The van der Waals surface area contributed by atoms with E-state index in [9.17, 15) is 4.79 Å². The Morgan fingerprint density at radius 3 is 2.83 bits per heavy atom. The maximum Gasteiger partial charge on any atom is 0.256 e. The quantitative estimate of drug-likeness (QED) is 0.830. The van der Waals surface area contributed by atoms with E-state index in [0.29, 0.717) is 36.9 Å². The lowest BCUT2D eigenvalue weighted by Crippen LogP contribution is -2.37. The molecule has 2 N–H and O–H groups in total. The molecule has 100 valence electrons. The van der Waals surface area contributed by atoms with Gasteiger partial charge in [0.25, 0.3) is 5.91 Å². The van der Waals surface area contributed by atoms with Gasteiger partial charge in [-0.3, -0.25) is 9.78 Å². The third kappa shape index (κ3) is 4.00. The Bertz CT molecular complexity index is 394. The molecule has 5 heteroatoms. The van der Waals surface area contributed by atoms with Gasteiger partial charge < -0.3 is 15.4 Å². The molecule has 0 radical (unpaired) electrons. The van der Waals surface area contributed by atoms with Crippen molar-refractivity contribution in [3.63, 3.8) is 0 Å². The Balaban J connectivity index is 2.84. The van der Waals surface area contributed by atoms with Crippen LogP contribution in [0.15, 0.2) is 18.5 Å². The zero-order valence-corrected chi connectivity index (χ0v) is 11.2. The second-order valence-corrected chi connectivity index (χ2v) is 4.60. The lowest BCUT2D eigenvalue weighted by Gasteiger charge is -2.24. The normalized spacial score (nSPS) is 10.7. The zero-order chi connectivity index (χ0) is 13.5. The lowest BCUT2D eigenvalue weighted by atomic mass is 10.1. The molecule has 1 aromatic rings. The van der Waals surface area contributed by atoms with Crippen LogP contribution < -0.4 is 5.73 Å². The molecule has 0 fully saturated rings. The van der Waals surface area contributed by atoms with E-state index >= 15 is 0 Å². The fourth-order valence-corrected chi connectivity index (χ4v) is 1.69. The molecule has 18 heavy (non-hydrogen) atoms. The summed E-state index contributed by atoms with van der Waals surface area (Å²) in [6.07, 6.45) is 3.07. The molecule has 0 aromatic carbocycles. The molecule has 1 rings (SSSR count). The predicted octanol–water partition coefficient (Wildman–Crippen LogP) is 1.41. The first-order valence-corrected chi connectivity index (χ1v) is 6.04. The standard InChI is InChI=1S/C13H21N3O2/c1-10(2)9-16(6-7-18-3)13(17)11-4-5-15-8-12(11)14/h4-5,8,10H,6-7,9,14H2,1-3H3. The zero-order valence-electron chi connectivity index (χ0n) is 11.2. The van der Waals surface area contributed by atoms with Crippen molar-refractivity contribution in [3.8, 4) is 0 Å². The first-order chi connectivity index (χ1) is 8.56. The number of pyridine rings is 1. The Morgan fingerprint density at radius 1 is 1.56 bits per heavy atom. The predicted molar refractivity (Wildman–Crippen MR) is 71.3 cm³/mol. The second kappa shape index (κ2) is 6.96. The summed E-state index contributed by atoms with van der Waals surface area (Å²) in [7, 11) is 1.62. The number of methoxy groups -OCH3 is 1. The third-order valence-electron chi connectivity index (χ3n) is 2.52. The molecule has 1 amide bonds. The number of aromatic nitrogens is 1. The van der Waals surface area contributed by atoms with Crippen LogP contribution in [0.3, 0.4) is 0 Å². The van der Waals surface area contributed by atoms with Crippen molar-refractivity contribution in [1.29, 1.82) is 0 Å². The molecule has 0 unspecified atom stereocenters. The highest BCUT2D eigenvalue weighted by atomic mass is 16.5. The summed E-state index contributed by atoms with van der Waals surface area (Å²) in [5.74, 6) is 0.328. The van der Waals surface area contributed by atoms with Crippen LogP contribution in [-0.2, 0) is 4.74 Å². The fraction of sp³-hybridized carbons (Fsp3) is 0.538. The highest BCUT2D eigenvalue weighted by Crippen LogP contribution is 2.13. The van der Waals surface area contributed by atoms with Crippen molar-refractivity contribution in [2.45, 2.75) is 13.8 Å². The first-order valence-electron chi connectivity index (χ1n) is 6.04. The third-order valence-corrected chi connectivity index (χ3v) is 2.52. The van der Waals surface area contributed by atoms with Gasteiger partial charge in [0.1, 0.15) is 0 Å². The monoisotopic (exact) mass is 251 g/mol. The van der Waals surface area contributed by atoms with Gasteiger partial charge in [-0.1, -0.05) is 13.8 Å². The van der Waals surface area contributed by atoms with Gasteiger partial charge in [-0.2, -0.15) is 0 Å². The SMILES string of the molecule is COCCN(CC(C)C)C(=O)c1ccncc1N. The van der Waals surface area contributed by atoms with Crippen LogP contribution in [0.5, 0.6) is 0 Å². The van der Waals surface area contributed by atoms with Gasteiger partial charge in [-0.25, -0.2) is 0 Å². The Labute approximate surface area is 108 Å². The van der Waals surface area contributed by atoms with Crippen LogP contribution >= 0.6 is 0 Å². The number of carbonyl (C=O) groups is 1. The Hall–Kier alpha value is -1.62. The van der Waals surface area contributed by atoms with Gasteiger partial charge in [0.05, 0.1) is 24.1 Å². The van der Waals surface area contributed by atoms with Crippen molar-refractivity contribution in [2.24, 2.45) is 5.92 Å². The van der Waals surface area contributed by atoms with Gasteiger partial charge in [-0.05, 0) is 12.0 Å². The van der Waals surface area contributed by atoms with Crippen LogP contribution in [0, 0.1) is 5.92 Å². The minimum absolute atomic E-state index is 0.0688. The molecule has 1 aromatic heterocycles. The fourth-order valence-electron chi connectivity index (χ4n) is 1.69. The van der Waals surface area contributed by atoms with Gasteiger partial charge in [0.2, 0.25) is 0 Å². The summed E-state index contributed by atoms with van der Waals surface area (Å²) >= 11 is 0. The molecule has 0 atom stereocenters. The van der Waals surface area contributed by atoms with E-state index in [1.54, 1.807) is 24.3 Å². The number of anilines is 1. The maximum atomic E-state index is 12.4. The highest BCUT2D eigenvalue weighted by Gasteiger charge is 2.18. The minimum atomic E-state index is -0.0688. The Kier molecular flexibility index (Phi) is 5.58. The van der Waals surface area contributed by atoms with Crippen molar-refractivity contribution in [1.82, 2.24) is 9.88 Å². The average Bonchev–Trinajstić information content (AvgIpc) is 2.34. The highest BCUT2D eigenvalue weighted by molar-refractivity contribution is 5.98. The van der Waals surface area contributed by atoms with Gasteiger partial charge in [-0.15, -0.1) is 0 Å². The Morgan fingerprint density at radius 2 is 2.28 bits per heavy atom. The maximum absolute atomic E-state index is 12.4. The summed E-state index contributed by atoms with van der Waals surface area (Å²) in [6, 6.07) is 1.65. The van der Waals surface area contributed by atoms with Crippen molar-refractivity contribution < 1.29 is 9.53 Å². The van der Waals surface area contributed by atoms with Crippen LogP contribution in [0.2, 0.25) is 0 Å². The van der Waals surface area contributed by atoms with Crippen LogP contribution in [-0.4, -0.2) is 42.6 Å². The number of ether oxygens (including phenoxy) is 1. The summed E-state index contributed by atoms with van der Waals surface area (Å²) in [6.45, 7) is 5.91. The molecule has 1 heterocycles. The molecule has 0 saturated heterocycles. The molecule has 0 aliphatic rings. The largest absolute Gasteiger partial charge is 0.397 e. The van der Waals surface area contributed by atoms with Gasteiger partial charge in [0.15, 0.2) is 0 Å². The summed E-state index contributed by atoms with van der Waals surface area (Å²) < 4.78 is 5.03. The molecule has 0 spiro atoms. The minimum Gasteiger partial charge on any atom is -0.397 e. The molecule has 0 aliphatic heterocycles. The first kappa shape index (κ1) is 14.4. The average molecular weight is 251 g/mol. The van der Waals surface area contributed by atoms with Crippen LogP contribution in [0.25, 0.3) is 0 Å². The van der Waals surface area contributed by atoms with E-state index in [-0.39, 0.29) is 5.91 Å². The molecule has 0 aliphatic carbocycles. The molecule has 5 nitrogen and oxygen atoms in total. The van der Waals surface area contributed by atoms with E-state index in [1.165, 1.54) is 6.20 Å². The van der Waals surface area contributed by atoms with E-state index in [4.69, 9.17) is 10.5 Å². The molecule has 0 saturated carbocycles. The number of amides is 1. The smallest absolute Gasteiger partial charge is 0.256 e. The topological polar surface area (TPSA) is 68.5 Å². The summed E-state index contributed by atoms with van der Waals surface area (Å²) in [4.78, 5) is 18.0. The van der Waals surface area contributed by atoms with Gasteiger partial charge in [0, 0.05) is 26.4 Å². The molecule has 0 bridgehead atoms. The number of nitrogen functional groups attached to an aromatic ring is 1. The second-order valence-electron chi connectivity index (χ2n) is 4.60. The molecular weight excluding hydrogens is 230 g/mol. The number of nitrogens with zero attached hydrogens (tertiary/aromatic N) is 2. The number of hydrogen-bond acceptors (Lipinski definition) is 4. The molecular formula is C13H21N3O2. The van der Waals surface area contributed by atoms with Crippen molar-refractivity contribution >= 4 is 11.6 Å². The summed E-state index contributed by atoms with van der Waals surface area (Å²) in [5, 5.41) is 0. The number of carbonyl (C=O) groups excluding carboxylic acids is 1. The number of hydrogen-bond donors (Lipinski definition) is 1. The van der Waals surface area contributed by atoms with E-state index in [2.05, 4.69) is 18.8 Å². The van der Waals surface area contributed by atoms with Gasteiger partial charge >= 0.3 is 0 Å². The van der Waals surface area contributed by atoms with Crippen molar-refractivity contribution in [3.05, 3.63) is 24.0 Å². The number of rotatable bonds is 6. The van der Waals surface area contributed by atoms with Crippen LogP contribution in [0.1, 0.15) is 24.2 Å². The van der Waals surface area contributed by atoms with E-state index in [0.717, 1.165) is 0 Å². The summed E-state index contributed by atoms with van der Waals surface area (Å²) in [5.41, 5.74) is 6.69. The van der Waals surface area contributed by atoms with E-state index in [1.807, 2.05) is 0 Å². The van der Waals surface area contributed by atoms with Crippen molar-refractivity contribution in [2.75, 3.05) is 32.5 Å².